The molecule has 5 heteroatoms. The quantitative estimate of drug-likeness (QED) is 0.743. The highest BCUT2D eigenvalue weighted by Gasteiger charge is 2.22. The van der Waals surface area contributed by atoms with E-state index in [1.54, 1.807) is 0 Å². The van der Waals surface area contributed by atoms with Crippen molar-refractivity contribution in [1.82, 2.24) is 4.90 Å². The van der Waals surface area contributed by atoms with Crippen molar-refractivity contribution in [2.24, 2.45) is 0 Å². The SMILES string of the molecule is CCN(CC)CCCCOc1ccc2c(c1)CCCN2C(=O)O. The highest BCUT2D eigenvalue weighted by Crippen LogP contribution is 2.30. The summed E-state index contributed by atoms with van der Waals surface area (Å²) in [6.45, 7) is 8.98. The van der Waals surface area contributed by atoms with Crippen LogP contribution < -0.4 is 9.64 Å². The molecule has 1 aliphatic rings. The molecule has 0 spiro atoms. The van der Waals surface area contributed by atoms with Crippen molar-refractivity contribution in [3.8, 4) is 5.75 Å². The molecule has 23 heavy (non-hydrogen) atoms. The molecule has 2 rings (SSSR count). The molecule has 0 radical (unpaired) electrons. The summed E-state index contributed by atoms with van der Waals surface area (Å²) < 4.78 is 5.83. The van der Waals surface area contributed by atoms with E-state index in [1.165, 1.54) is 4.90 Å². The Bertz CT molecular complexity index is 515. The summed E-state index contributed by atoms with van der Waals surface area (Å²) >= 11 is 0. The molecule has 0 bridgehead atoms. The van der Waals surface area contributed by atoms with Gasteiger partial charge in [-0.05, 0) is 69.1 Å². The van der Waals surface area contributed by atoms with Crippen LogP contribution in [0.2, 0.25) is 0 Å². The smallest absolute Gasteiger partial charge is 0.411 e. The second-order valence-electron chi connectivity index (χ2n) is 5.91. The van der Waals surface area contributed by atoms with Crippen molar-refractivity contribution < 1.29 is 14.6 Å². The summed E-state index contributed by atoms with van der Waals surface area (Å²) in [5, 5.41) is 9.23. The van der Waals surface area contributed by atoms with E-state index in [2.05, 4.69) is 18.7 Å². The summed E-state index contributed by atoms with van der Waals surface area (Å²) in [7, 11) is 0. The Morgan fingerprint density at radius 3 is 2.78 bits per heavy atom. The maximum absolute atomic E-state index is 11.2. The Hall–Kier alpha value is -1.75. The van der Waals surface area contributed by atoms with Gasteiger partial charge in [0.2, 0.25) is 0 Å². The molecule has 1 aromatic carbocycles. The van der Waals surface area contributed by atoms with Gasteiger partial charge < -0.3 is 14.7 Å². The number of unbranched alkanes of at least 4 members (excludes halogenated alkanes) is 1. The molecular formula is C18H28N2O3. The number of rotatable bonds is 8. The molecule has 0 saturated heterocycles. The number of aryl methyl sites for hydroxylation is 1. The van der Waals surface area contributed by atoms with Crippen LogP contribution in [0.3, 0.4) is 0 Å². The minimum absolute atomic E-state index is 0.577. The first kappa shape index (κ1) is 17.6. The van der Waals surface area contributed by atoms with Gasteiger partial charge in [0.05, 0.1) is 12.3 Å². The number of anilines is 1. The van der Waals surface area contributed by atoms with Crippen LogP contribution in [0.5, 0.6) is 5.75 Å². The maximum atomic E-state index is 11.2. The number of hydrogen-bond donors (Lipinski definition) is 1. The fourth-order valence-corrected chi connectivity index (χ4v) is 3.03. The number of nitrogens with zero attached hydrogens (tertiary/aromatic N) is 2. The number of carbonyl (C=O) groups is 1. The van der Waals surface area contributed by atoms with Crippen molar-refractivity contribution in [2.75, 3.05) is 37.7 Å². The molecule has 0 saturated carbocycles. The van der Waals surface area contributed by atoms with Gasteiger partial charge in [-0.2, -0.15) is 0 Å². The first-order chi connectivity index (χ1) is 11.2. The van der Waals surface area contributed by atoms with Crippen molar-refractivity contribution in [3.05, 3.63) is 23.8 Å². The molecule has 0 atom stereocenters. The van der Waals surface area contributed by atoms with Gasteiger partial charge in [0, 0.05) is 6.54 Å². The first-order valence-corrected chi connectivity index (χ1v) is 8.64. The van der Waals surface area contributed by atoms with Gasteiger partial charge in [0.25, 0.3) is 0 Å². The molecule has 1 heterocycles. The average Bonchev–Trinajstić information content (AvgIpc) is 2.57. The zero-order valence-corrected chi connectivity index (χ0v) is 14.3. The monoisotopic (exact) mass is 320 g/mol. The van der Waals surface area contributed by atoms with Crippen molar-refractivity contribution in [2.45, 2.75) is 39.5 Å². The van der Waals surface area contributed by atoms with Gasteiger partial charge in [0.1, 0.15) is 5.75 Å². The zero-order valence-electron chi connectivity index (χ0n) is 14.3. The van der Waals surface area contributed by atoms with Gasteiger partial charge in [0.15, 0.2) is 0 Å². The number of fused-ring (bicyclic) bond motifs is 1. The Kier molecular flexibility index (Phi) is 6.71. The standard InChI is InChI=1S/C18H28N2O3/c1-3-19(4-2)11-5-6-13-23-16-9-10-17-15(14-16)8-7-12-20(17)18(21)22/h9-10,14H,3-8,11-13H2,1-2H3,(H,21,22). The van der Waals surface area contributed by atoms with E-state index in [9.17, 15) is 9.90 Å². The summed E-state index contributed by atoms with van der Waals surface area (Å²) in [5.41, 5.74) is 1.87. The third kappa shape index (κ3) is 4.86. The second kappa shape index (κ2) is 8.77. The van der Waals surface area contributed by atoms with Crippen molar-refractivity contribution >= 4 is 11.8 Å². The highest BCUT2D eigenvalue weighted by atomic mass is 16.5. The lowest BCUT2D eigenvalue weighted by atomic mass is 10.0. The number of benzene rings is 1. The Morgan fingerprint density at radius 2 is 2.09 bits per heavy atom. The van der Waals surface area contributed by atoms with E-state index in [-0.39, 0.29) is 0 Å². The van der Waals surface area contributed by atoms with E-state index in [1.807, 2.05) is 18.2 Å². The van der Waals surface area contributed by atoms with Crippen LogP contribution in [0.15, 0.2) is 18.2 Å². The molecule has 5 nitrogen and oxygen atoms in total. The molecule has 0 aliphatic carbocycles. The van der Waals surface area contributed by atoms with Crippen LogP contribution >= 0.6 is 0 Å². The van der Waals surface area contributed by atoms with Crippen LogP contribution in [-0.4, -0.2) is 48.9 Å². The molecule has 1 aliphatic heterocycles. The first-order valence-electron chi connectivity index (χ1n) is 8.64. The number of carboxylic acid groups (broad SMARTS) is 1. The predicted octanol–water partition coefficient (Wildman–Crippen LogP) is 3.62. The minimum atomic E-state index is -0.879. The lowest BCUT2D eigenvalue weighted by Gasteiger charge is -2.27. The second-order valence-corrected chi connectivity index (χ2v) is 5.91. The summed E-state index contributed by atoms with van der Waals surface area (Å²) in [6.07, 6.45) is 3.08. The lowest BCUT2D eigenvalue weighted by molar-refractivity contribution is 0.201. The molecule has 0 unspecified atom stereocenters. The van der Waals surface area contributed by atoms with E-state index in [0.29, 0.717) is 13.2 Å². The predicted molar refractivity (Wildman–Crippen MR) is 92.7 cm³/mol. The van der Waals surface area contributed by atoms with Crippen LogP contribution in [0, 0.1) is 0 Å². The topological polar surface area (TPSA) is 53.0 Å². The largest absolute Gasteiger partial charge is 0.494 e. The fraction of sp³-hybridized carbons (Fsp3) is 0.611. The minimum Gasteiger partial charge on any atom is -0.494 e. The maximum Gasteiger partial charge on any atom is 0.411 e. The highest BCUT2D eigenvalue weighted by molar-refractivity contribution is 5.87. The number of ether oxygens (including phenoxy) is 1. The van der Waals surface area contributed by atoms with Crippen molar-refractivity contribution in [1.29, 1.82) is 0 Å². The molecule has 1 aromatic rings. The third-order valence-electron chi connectivity index (χ3n) is 4.43. The van der Waals surface area contributed by atoms with Crippen LogP contribution in [-0.2, 0) is 6.42 Å². The normalized spacial score (nSPS) is 14.0. The summed E-state index contributed by atoms with van der Waals surface area (Å²) in [5.74, 6) is 0.846. The molecule has 1 amide bonds. The molecule has 0 fully saturated rings. The van der Waals surface area contributed by atoms with Crippen molar-refractivity contribution in [3.63, 3.8) is 0 Å². The Morgan fingerprint density at radius 1 is 1.30 bits per heavy atom. The van der Waals surface area contributed by atoms with Crippen LogP contribution in [0.4, 0.5) is 10.5 Å². The van der Waals surface area contributed by atoms with Gasteiger partial charge in [-0.15, -0.1) is 0 Å². The van der Waals surface area contributed by atoms with Crippen LogP contribution in [0.25, 0.3) is 0 Å². The Balaban J connectivity index is 1.82. The lowest BCUT2D eigenvalue weighted by Crippen LogP contribution is -2.34. The van der Waals surface area contributed by atoms with Gasteiger partial charge in [-0.3, -0.25) is 4.90 Å². The van der Waals surface area contributed by atoms with E-state index in [4.69, 9.17) is 4.74 Å². The summed E-state index contributed by atoms with van der Waals surface area (Å²) in [4.78, 5) is 15.1. The van der Waals surface area contributed by atoms with Gasteiger partial charge in [-0.25, -0.2) is 4.79 Å². The van der Waals surface area contributed by atoms with E-state index < -0.39 is 6.09 Å². The van der Waals surface area contributed by atoms with Gasteiger partial charge >= 0.3 is 6.09 Å². The fourth-order valence-electron chi connectivity index (χ4n) is 3.03. The Labute approximate surface area is 138 Å². The number of hydrogen-bond acceptors (Lipinski definition) is 3. The molecule has 128 valence electrons. The van der Waals surface area contributed by atoms with E-state index in [0.717, 1.165) is 62.3 Å². The molecular weight excluding hydrogens is 292 g/mol. The van der Waals surface area contributed by atoms with E-state index >= 15 is 0 Å². The molecule has 0 aromatic heterocycles. The van der Waals surface area contributed by atoms with Crippen LogP contribution in [0.1, 0.15) is 38.7 Å². The molecule has 1 N–H and O–H groups in total. The summed E-state index contributed by atoms with van der Waals surface area (Å²) in [6, 6.07) is 5.74. The number of amides is 1. The zero-order chi connectivity index (χ0) is 16.7. The third-order valence-corrected chi connectivity index (χ3v) is 4.43. The average molecular weight is 320 g/mol. The van der Waals surface area contributed by atoms with Gasteiger partial charge in [-0.1, -0.05) is 13.8 Å².